The molecule has 0 saturated carbocycles. The van der Waals surface area contributed by atoms with E-state index in [0.717, 1.165) is 5.69 Å². The standard InChI is InChI=1S/C10H16N2O3/c1-8-4-9(2-3-11-8)12-10(5-13,6-14)7-15/h2-4,13-15H,5-7H2,1H3,(H,11,12). The molecule has 0 fully saturated rings. The summed E-state index contributed by atoms with van der Waals surface area (Å²) in [5, 5.41) is 30.2. The first-order valence-corrected chi connectivity index (χ1v) is 4.69. The topological polar surface area (TPSA) is 85.6 Å². The van der Waals surface area contributed by atoms with Gasteiger partial charge >= 0.3 is 0 Å². The molecule has 1 heterocycles. The summed E-state index contributed by atoms with van der Waals surface area (Å²) in [6, 6.07) is 3.48. The quantitative estimate of drug-likeness (QED) is 0.529. The van der Waals surface area contributed by atoms with Crippen molar-refractivity contribution in [3.63, 3.8) is 0 Å². The van der Waals surface area contributed by atoms with Crippen LogP contribution in [0.2, 0.25) is 0 Å². The Morgan fingerprint density at radius 1 is 1.27 bits per heavy atom. The van der Waals surface area contributed by atoms with Crippen LogP contribution in [0.25, 0.3) is 0 Å². The fraction of sp³-hybridized carbons (Fsp3) is 0.500. The van der Waals surface area contributed by atoms with Gasteiger partial charge in [0.2, 0.25) is 0 Å². The average molecular weight is 212 g/mol. The Labute approximate surface area is 88.4 Å². The number of nitrogens with one attached hydrogen (secondary N) is 1. The number of hydrogen-bond acceptors (Lipinski definition) is 5. The summed E-state index contributed by atoms with van der Waals surface area (Å²) in [4.78, 5) is 4.02. The van der Waals surface area contributed by atoms with Crippen molar-refractivity contribution >= 4 is 5.69 Å². The average Bonchev–Trinajstić information content (AvgIpc) is 2.26. The van der Waals surface area contributed by atoms with Crippen LogP contribution in [0.5, 0.6) is 0 Å². The maximum atomic E-state index is 9.11. The van der Waals surface area contributed by atoms with E-state index in [2.05, 4.69) is 10.3 Å². The van der Waals surface area contributed by atoms with E-state index in [9.17, 15) is 0 Å². The van der Waals surface area contributed by atoms with Crippen molar-refractivity contribution in [2.75, 3.05) is 25.1 Å². The number of aliphatic hydroxyl groups excluding tert-OH is 3. The number of hydrogen-bond donors (Lipinski definition) is 4. The zero-order chi connectivity index (χ0) is 11.3. The Hall–Kier alpha value is -1.17. The molecule has 15 heavy (non-hydrogen) atoms. The van der Waals surface area contributed by atoms with E-state index in [4.69, 9.17) is 15.3 Å². The molecule has 0 aliphatic carbocycles. The van der Waals surface area contributed by atoms with Crippen LogP contribution in [-0.4, -0.2) is 45.7 Å². The number of pyridine rings is 1. The minimum Gasteiger partial charge on any atom is -0.394 e. The number of nitrogens with zero attached hydrogens (tertiary/aromatic N) is 1. The number of aromatic nitrogens is 1. The van der Waals surface area contributed by atoms with Gasteiger partial charge in [0, 0.05) is 17.6 Å². The highest BCUT2D eigenvalue weighted by Crippen LogP contribution is 2.14. The predicted molar refractivity (Wildman–Crippen MR) is 56.6 cm³/mol. The molecule has 4 N–H and O–H groups in total. The molecule has 0 saturated heterocycles. The molecule has 0 amide bonds. The largest absolute Gasteiger partial charge is 0.394 e. The molecular formula is C10H16N2O3. The zero-order valence-corrected chi connectivity index (χ0v) is 8.64. The number of anilines is 1. The lowest BCUT2D eigenvalue weighted by Gasteiger charge is -2.29. The highest BCUT2D eigenvalue weighted by Gasteiger charge is 2.27. The van der Waals surface area contributed by atoms with E-state index < -0.39 is 5.54 Å². The molecule has 84 valence electrons. The van der Waals surface area contributed by atoms with Gasteiger partial charge in [0.05, 0.1) is 19.8 Å². The summed E-state index contributed by atoms with van der Waals surface area (Å²) >= 11 is 0. The Morgan fingerprint density at radius 2 is 1.87 bits per heavy atom. The van der Waals surface area contributed by atoms with Crippen molar-refractivity contribution in [3.8, 4) is 0 Å². The number of aliphatic hydroxyl groups is 3. The van der Waals surface area contributed by atoms with Crippen LogP contribution >= 0.6 is 0 Å². The first-order chi connectivity index (χ1) is 7.15. The zero-order valence-electron chi connectivity index (χ0n) is 8.64. The Bertz CT molecular complexity index is 305. The van der Waals surface area contributed by atoms with Crippen molar-refractivity contribution in [2.24, 2.45) is 0 Å². The van der Waals surface area contributed by atoms with Gasteiger partial charge in [-0.25, -0.2) is 0 Å². The summed E-state index contributed by atoms with van der Waals surface area (Å²) in [6.45, 7) is 0.799. The summed E-state index contributed by atoms with van der Waals surface area (Å²) in [6.07, 6.45) is 1.62. The molecule has 0 spiro atoms. The highest BCUT2D eigenvalue weighted by molar-refractivity contribution is 5.45. The van der Waals surface area contributed by atoms with Gasteiger partial charge in [0.25, 0.3) is 0 Å². The van der Waals surface area contributed by atoms with Crippen LogP contribution in [0.1, 0.15) is 5.69 Å². The third kappa shape index (κ3) is 2.89. The molecule has 0 unspecified atom stereocenters. The molecule has 1 aromatic rings. The van der Waals surface area contributed by atoms with E-state index in [1.165, 1.54) is 0 Å². The van der Waals surface area contributed by atoms with Crippen LogP contribution in [0.15, 0.2) is 18.3 Å². The second kappa shape index (κ2) is 5.06. The summed E-state index contributed by atoms with van der Waals surface area (Å²) < 4.78 is 0. The number of aryl methyl sites for hydroxylation is 1. The van der Waals surface area contributed by atoms with Gasteiger partial charge in [-0.2, -0.15) is 0 Å². The normalized spacial score (nSPS) is 11.5. The first-order valence-electron chi connectivity index (χ1n) is 4.69. The van der Waals surface area contributed by atoms with Gasteiger partial charge in [-0.1, -0.05) is 0 Å². The third-order valence-corrected chi connectivity index (χ3v) is 2.21. The Kier molecular flexibility index (Phi) is 4.02. The molecule has 5 nitrogen and oxygen atoms in total. The molecule has 5 heteroatoms. The fourth-order valence-electron chi connectivity index (χ4n) is 1.20. The summed E-state index contributed by atoms with van der Waals surface area (Å²) in [7, 11) is 0. The minimum atomic E-state index is -1.09. The molecule has 0 aliphatic heterocycles. The Balaban J connectivity index is 2.82. The monoisotopic (exact) mass is 212 g/mol. The molecular weight excluding hydrogens is 196 g/mol. The second-order valence-corrected chi connectivity index (χ2v) is 3.57. The van der Waals surface area contributed by atoms with Crippen LogP contribution in [0.3, 0.4) is 0 Å². The maximum absolute atomic E-state index is 9.11. The minimum absolute atomic E-state index is 0.346. The van der Waals surface area contributed by atoms with Gasteiger partial charge in [0.15, 0.2) is 0 Å². The van der Waals surface area contributed by atoms with Crippen molar-refractivity contribution < 1.29 is 15.3 Å². The molecule has 1 rings (SSSR count). The lowest BCUT2D eigenvalue weighted by Crippen LogP contribution is -2.49. The third-order valence-electron chi connectivity index (χ3n) is 2.21. The Morgan fingerprint density at radius 3 is 2.33 bits per heavy atom. The smallest absolute Gasteiger partial charge is 0.107 e. The second-order valence-electron chi connectivity index (χ2n) is 3.57. The van der Waals surface area contributed by atoms with E-state index in [1.54, 1.807) is 18.3 Å². The maximum Gasteiger partial charge on any atom is 0.107 e. The van der Waals surface area contributed by atoms with Gasteiger partial charge in [0.1, 0.15) is 5.54 Å². The SMILES string of the molecule is Cc1cc(NC(CO)(CO)CO)ccn1. The lowest BCUT2D eigenvalue weighted by atomic mass is 10.0. The van der Waals surface area contributed by atoms with E-state index in [0.29, 0.717) is 5.69 Å². The molecule has 0 aromatic carbocycles. The summed E-state index contributed by atoms with van der Waals surface area (Å²) in [5.41, 5.74) is 0.440. The van der Waals surface area contributed by atoms with Crippen molar-refractivity contribution in [1.29, 1.82) is 0 Å². The van der Waals surface area contributed by atoms with Crippen LogP contribution < -0.4 is 5.32 Å². The summed E-state index contributed by atoms with van der Waals surface area (Å²) in [5.74, 6) is 0. The molecule has 1 aromatic heterocycles. The van der Waals surface area contributed by atoms with Crippen molar-refractivity contribution in [3.05, 3.63) is 24.0 Å². The predicted octanol–water partition coefficient (Wildman–Crippen LogP) is -0.482. The van der Waals surface area contributed by atoms with Gasteiger partial charge < -0.3 is 20.6 Å². The molecule has 0 radical (unpaired) electrons. The first kappa shape index (κ1) is 11.9. The van der Waals surface area contributed by atoms with E-state index >= 15 is 0 Å². The van der Waals surface area contributed by atoms with Crippen LogP contribution in [0, 0.1) is 6.92 Å². The lowest BCUT2D eigenvalue weighted by molar-refractivity contribution is 0.0833. The molecule has 0 aliphatic rings. The van der Waals surface area contributed by atoms with Gasteiger partial charge in [-0.3, -0.25) is 4.98 Å². The van der Waals surface area contributed by atoms with E-state index in [1.807, 2.05) is 6.92 Å². The van der Waals surface area contributed by atoms with Gasteiger partial charge in [-0.15, -0.1) is 0 Å². The fourth-order valence-corrected chi connectivity index (χ4v) is 1.20. The van der Waals surface area contributed by atoms with Crippen molar-refractivity contribution in [1.82, 2.24) is 4.98 Å². The van der Waals surface area contributed by atoms with Crippen LogP contribution in [0.4, 0.5) is 5.69 Å². The van der Waals surface area contributed by atoms with E-state index in [-0.39, 0.29) is 19.8 Å². The van der Waals surface area contributed by atoms with Crippen LogP contribution in [-0.2, 0) is 0 Å². The number of rotatable bonds is 5. The van der Waals surface area contributed by atoms with Crippen molar-refractivity contribution in [2.45, 2.75) is 12.5 Å². The molecule has 0 bridgehead atoms. The van der Waals surface area contributed by atoms with Gasteiger partial charge in [-0.05, 0) is 19.1 Å². The molecule has 0 atom stereocenters. The highest BCUT2D eigenvalue weighted by atomic mass is 16.3.